The molecule has 12 heavy (non-hydrogen) atoms. The van der Waals surface area contributed by atoms with Crippen LogP contribution >= 0.6 is 0 Å². The molecule has 0 radical (unpaired) electrons. The number of aliphatic hydroxyl groups excluding tert-OH is 1. The van der Waals surface area contributed by atoms with Crippen LogP contribution in [-0.4, -0.2) is 42.3 Å². The Kier molecular flexibility index (Phi) is 3.98. The van der Waals surface area contributed by atoms with E-state index in [4.69, 9.17) is 5.73 Å². The average molecular weight is 172 g/mol. The molecule has 0 aliphatic carbocycles. The van der Waals surface area contributed by atoms with E-state index in [1.54, 1.807) is 0 Å². The summed E-state index contributed by atoms with van der Waals surface area (Å²) in [6.45, 7) is 5.65. The van der Waals surface area contributed by atoms with Gasteiger partial charge in [0.25, 0.3) is 0 Å². The zero-order chi connectivity index (χ0) is 8.97. The lowest BCUT2D eigenvalue weighted by molar-refractivity contribution is 0.129. The summed E-state index contributed by atoms with van der Waals surface area (Å²) in [5, 5.41) is 9.31. The van der Waals surface area contributed by atoms with E-state index in [9.17, 15) is 5.11 Å². The van der Waals surface area contributed by atoms with Crippen molar-refractivity contribution >= 4 is 0 Å². The molecular formula is C9H20N2O. The fourth-order valence-corrected chi connectivity index (χ4v) is 1.78. The summed E-state index contributed by atoms with van der Waals surface area (Å²) in [4.78, 5) is 2.31. The minimum atomic E-state index is -0.333. The molecule has 0 saturated carbocycles. The Labute approximate surface area is 74.5 Å². The molecule has 0 aromatic carbocycles. The van der Waals surface area contributed by atoms with Crippen molar-refractivity contribution in [2.45, 2.75) is 25.9 Å². The maximum atomic E-state index is 9.31. The SMILES string of the molecule is CCC1CCN(CC(O)CN)C1. The first-order valence-corrected chi connectivity index (χ1v) is 4.86. The highest BCUT2D eigenvalue weighted by molar-refractivity contribution is 4.76. The molecule has 3 heteroatoms. The maximum Gasteiger partial charge on any atom is 0.0789 e. The molecule has 2 atom stereocenters. The maximum absolute atomic E-state index is 9.31. The van der Waals surface area contributed by atoms with Crippen molar-refractivity contribution in [2.24, 2.45) is 11.7 Å². The molecule has 72 valence electrons. The smallest absolute Gasteiger partial charge is 0.0789 e. The summed E-state index contributed by atoms with van der Waals surface area (Å²) in [6, 6.07) is 0. The van der Waals surface area contributed by atoms with Crippen molar-refractivity contribution < 1.29 is 5.11 Å². The quantitative estimate of drug-likeness (QED) is 0.629. The predicted molar refractivity (Wildman–Crippen MR) is 49.9 cm³/mol. The highest BCUT2D eigenvalue weighted by atomic mass is 16.3. The average Bonchev–Trinajstić information content (AvgIpc) is 2.52. The Morgan fingerprint density at radius 2 is 2.42 bits per heavy atom. The number of hydrogen-bond donors (Lipinski definition) is 2. The molecule has 1 saturated heterocycles. The van der Waals surface area contributed by atoms with E-state index < -0.39 is 0 Å². The molecule has 1 aliphatic rings. The Balaban J connectivity index is 2.18. The molecular weight excluding hydrogens is 152 g/mol. The lowest BCUT2D eigenvalue weighted by Crippen LogP contribution is -2.35. The zero-order valence-corrected chi connectivity index (χ0v) is 7.87. The van der Waals surface area contributed by atoms with Crippen LogP contribution in [0.5, 0.6) is 0 Å². The number of rotatable bonds is 4. The van der Waals surface area contributed by atoms with E-state index >= 15 is 0 Å². The van der Waals surface area contributed by atoms with Crippen LogP contribution in [0.4, 0.5) is 0 Å². The monoisotopic (exact) mass is 172 g/mol. The molecule has 3 nitrogen and oxygen atoms in total. The standard InChI is InChI=1S/C9H20N2O/c1-2-8-3-4-11(6-8)7-9(12)5-10/h8-9,12H,2-7,10H2,1H3. The van der Waals surface area contributed by atoms with Crippen LogP contribution in [0.1, 0.15) is 19.8 Å². The van der Waals surface area contributed by atoms with E-state index in [0.717, 1.165) is 25.6 Å². The van der Waals surface area contributed by atoms with Crippen molar-refractivity contribution in [3.63, 3.8) is 0 Å². The van der Waals surface area contributed by atoms with Gasteiger partial charge in [0.1, 0.15) is 0 Å². The first-order chi connectivity index (χ1) is 5.76. The van der Waals surface area contributed by atoms with Gasteiger partial charge in [0, 0.05) is 19.6 Å². The predicted octanol–water partition coefficient (Wildman–Crippen LogP) is 0.0379. The molecule has 1 aliphatic heterocycles. The molecule has 0 spiro atoms. The normalized spacial score (nSPS) is 27.8. The van der Waals surface area contributed by atoms with E-state index in [0.29, 0.717) is 6.54 Å². The second-order valence-corrected chi connectivity index (χ2v) is 3.71. The van der Waals surface area contributed by atoms with E-state index in [1.165, 1.54) is 12.8 Å². The molecule has 2 unspecified atom stereocenters. The summed E-state index contributed by atoms with van der Waals surface area (Å²) in [7, 11) is 0. The van der Waals surface area contributed by atoms with Gasteiger partial charge in [-0.25, -0.2) is 0 Å². The number of likely N-dealkylation sites (tertiary alicyclic amines) is 1. The van der Waals surface area contributed by atoms with Crippen LogP contribution < -0.4 is 5.73 Å². The highest BCUT2D eigenvalue weighted by Crippen LogP contribution is 2.18. The Morgan fingerprint density at radius 3 is 2.92 bits per heavy atom. The number of nitrogens with two attached hydrogens (primary N) is 1. The third kappa shape index (κ3) is 2.73. The highest BCUT2D eigenvalue weighted by Gasteiger charge is 2.21. The lowest BCUT2D eigenvalue weighted by Gasteiger charge is -2.18. The molecule has 0 aromatic rings. The minimum Gasteiger partial charge on any atom is -0.390 e. The molecule has 0 bridgehead atoms. The van der Waals surface area contributed by atoms with E-state index in [-0.39, 0.29) is 6.10 Å². The van der Waals surface area contributed by atoms with Crippen LogP contribution in [-0.2, 0) is 0 Å². The first kappa shape index (κ1) is 9.96. The van der Waals surface area contributed by atoms with Crippen molar-refractivity contribution in [3.05, 3.63) is 0 Å². The van der Waals surface area contributed by atoms with Crippen molar-refractivity contribution in [1.82, 2.24) is 4.90 Å². The number of nitrogens with zero attached hydrogens (tertiary/aromatic N) is 1. The summed E-state index contributed by atoms with van der Waals surface area (Å²) < 4.78 is 0. The molecule has 1 rings (SSSR count). The first-order valence-electron chi connectivity index (χ1n) is 4.86. The van der Waals surface area contributed by atoms with Crippen LogP contribution in [0.25, 0.3) is 0 Å². The van der Waals surface area contributed by atoms with Crippen LogP contribution in [0, 0.1) is 5.92 Å². The third-order valence-electron chi connectivity index (χ3n) is 2.69. The van der Waals surface area contributed by atoms with Crippen molar-refractivity contribution in [3.8, 4) is 0 Å². The van der Waals surface area contributed by atoms with E-state index in [2.05, 4.69) is 11.8 Å². The third-order valence-corrected chi connectivity index (χ3v) is 2.69. The number of aliphatic hydroxyl groups is 1. The Morgan fingerprint density at radius 1 is 1.67 bits per heavy atom. The van der Waals surface area contributed by atoms with Gasteiger partial charge in [-0.2, -0.15) is 0 Å². The zero-order valence-electron chi connectivity index (χ0n) is 7.87. The van der Waals surface area contributed by atoms with Gasteiger partial charge in [-0.15, -0.1) is 0 Å². The fraction of sp³-hybridized carbons (Fsp3) is 1.00. The summed E-state index contributed by atoms with van der Waals surface area (Å²) >= 11 is 0. The molecule has 1 fully saturated rings. The summed E-state index contributed by atoms with van der Waals surface area (Å²) in [5.74, 6) is 0.843. The van der Waals surface area contributed by atoms with Gasteiger partial charge in [0.15, 0.2) is 0 Å². The lowest BCUT2D eigenvalue weighted by atomic mass is 10.1. The van der Waals surface area contributed by atoms with Crippen LogP contribution in [0.2, 0.25) is 0 Å². The van der Waals surface area contributed by atoms with Gasteiger partial charge < -0.3 is 15.7 Å². The molecule has 0 amide bonds. The molecule has 3 N–H and O–H groups in total. The molecule has 1 heterocycles. The second kappa shape index (κ2) is 4.80. The number of hydrogen-bond acceptors (Lipinski definition) is 3. The topological polar surface area (TPSA) is 49.5 Å². The van der Waals surface area contributed by atoms with Crippen molar-refractivity contribution in [2.75, 3.05) is 26.2 Å². The molecule has 0 aromatic heterocycles. The van der Waals surface area contributed by atoms with Gasteiger partial charge in [-0.05, 0) is 18.9 Å². The van der Waals surface area contributed by atoms with Gasteiger partial charge in [0.2, 0.25) is 0 Å². The Hall–Kier alpha value is -0.120. The van der Waals surface area contributed by atoms with Crippen LogP contribution in [0.3, 0.4) is 0 Å². The fourth-order valence-electron chi connectivity index (χ4n) is 1.78. The van der Waals surface area contributed by atoms with Gasteiger partial charge in [-0.3, -0.25) is 0 Å². The largest absolute Gasteiger partial charge is 0.390 e. The van der Waals surface area contributed by atoms with Crippen molar-refractivity contribution in [1.29, 1.82) is 0 Å². The summed E-state index contributed by atoms with van der Waals surface area (Å²) in [5.41, 5.74) is 5.34. The van der Waals surface area contributed by atoms with Gasteiger partial charge >= 0.3 is 0 Å². The minimum absolute atomic E-state index is 0.333. The van der Waals surface area contributed by atoms with E-state index in [1.807, 2.05) is 0 Å². The van der Waals surface area contributed by atoms with Gasteiger partial charge in [-0.1, -0.05) is 13.3 Å². The van der Waals surface area contributed by atoms with Crippen LogP contribution in [0.15, 0.2) is 0 Å². The number of β-amino-alcohol motifs (C(OH)–C–C–N with tert-alkyl or cyclic N) is 1. The second-order valence-electron chi connectivity index (χ2n) is 3.71. The Bertz CT molecular complexity index is 130. The summed E-state index contributed by atoms with van der Waals surface area (Å²) in [6.07, 6.45) is 2.21. The van der Waals surface area contributed by atoms with Gasteiger partial charge in [0.05, 0.1) is 6.10 Å².